The lowest BCUT2D eigenvalue weighted by Crippen LogP contribution is -2.21. The summed E-state index contributed by atoms with van der Waals surface area (Å²) in [6.45, 7) is 0.0795. The average Bonchev–Trinajstić information content (AvgIpc) is 2.30. The van der Waals surface area contributed by atoms with Crippen molar-refractivity contribution in [2.45, 2.75) is 0 Å². The molecule has 94 valence electrons. The van der Waals surface area contributed by atoms with Crippen molar-refractivity contribution >= 4 is 11.6 Å². The molecule has 0 aliphatic carbocycles. The van der Waals surface area contributed by atoms with Gasteiger partial charge in [-0.25, -0.2) is 13.2 Å². The summed E-state index contributed by atoms with van der Waals surface area (Å²) < 4.78 is 43.3. The zero-order valence-corrected chi connectivity index (χ0v) is 8.80. The van der Waals surface area contributed by atoms with Gasteiger partial charge < -0.3 is 15.8 Å². The van der Waals surface area contributed by atoms with Gasteiger partial charge >= 0.3 is 0 Å². The van der Waals surface area contributed by atoms with Crippen LogP contribution in [0.15, 0.2) is 12.1 Å². The number of hydrogen-bond acceptors (Lipinski definition) is 3. The number of carbonyl (C=O) groups excluding carboxylic acids is 1. The number of amides is 1. The second kappa shape index (κ2) is 6.21. The molecule has 4 nitrogen and oxygen atoms in total. The zero-order chi connectivity index (χ0) is 12.8. The van der Waals surface area contributed by atoms with E-state index in [4.69, 9.17) is 10.5 Å². The van der Waals surface area contributed by atoms with E-state index in [1.807, 2.05) is 0 Å². The summed E-state index contributed by atoms with van der Waals surface area (Å²) in [6, 6.07) is 1.64. The number of nitrogens with two attached hydrogens (primary N) is 1. The average molecular weight is 248 g/mol. The van der Waals surface area contributed by atoms with Gasteiger partial charge in [0.1, 0.15) is 6.61 Å². The van der Waals surface area contributed by atoms with Crippen molar-refractivity contribution in [1.29, 1.82) is 0 Å². The third kappa shape index (κ3) is 3.72. The molecule has 1 aromatic carbocycles. The van der Waals surface area contributed by atoms with Crippen LogP contribution >= 0.6 is 0 Å². The van der Waals surface area contributed by atoms with Crippen LogP contribution in [0.25, 0.3) is 0 Å². The number of ether oxygens (including phenoxy) is 1. The molecule has 0 aromatic heterocycles. The van der Waals surface area contributed by atoms with Crippen molar-refractivity contribution in [2.24, 2.45) is 5.73 Å². The maximum absolute atomic E-state index is 13.1. The molecule has 0 aliphatic heterocycles. The fourth-order valence-corrected chi connectivity index (χ4v) is 1.06. The first kappa shape index (κ1) is 13.5. The molecule has 0 saturated carbocycles. The summed E-state index contributed by atoms with van der Waals surface area (Å²) in [5.74, 6) is -5.08. The van der Waals surface area contributed by atoms with Crippen LogP contribution in [0, 0.1) is 17.5 Å². The van der Waals surface area contributed by atoms with Crippen LogP contribution in [-0.4, -0.2) is 25.7 Å². The quantitative estimate of drug-likeness (QED) is 0.604. The molecule has 0 heterocycles. The minimum Gasteiger partial charge on any atom is -0.370 e. The second-order valence-corrected chi connectivity index (χ2v) is 3.11. The minimum atomic E-state index is -1.63. The Kier molecular flexibility index (Phi) is 4.92. The van der Waals surface area contributed by atoms with Crippen molar-refractivity contribution in [3.63, 3.8) is 0 Å². The Balaban J connectivity index is 2.63. The number of carbonyl (C=O) groups is 1. The second-order valence-electron chi connectivity index (χ2n) is 3.11. The molecule has 0 radical (unpaired) electrons. The highest BCUT2D eigenvalue weighted by atomic mass is 19.2. The largest absolute Gasteiger partial charge is 0.370 e. The van der Waals surface area contributed by atoms with Gasteiger partial charge in [0.2, 0.25) is 5.91 Å². The highest BCUT2D eigenvalue weighted by molar-refractivity contribution is 5.91. The Morgan fingerprint density at radius 3 is 2.65 bits per heavy atom. The standard InChI is InChI=1S/C10H11F3N2O2/c11-6-1-2-7(10(13)9(6)12)15-8(16)5-17-4-3-14/h1-2H,3-5,14H2,(H,15,16). The van der Waals surface area contributed by atoms with Crippen molar-refractivity contribution in [1.82, 2.24) is 0 Å². The number of nitrogens with one attached hydrogen (secondary N) is 1. The third-order valence-electron chi connectivity index (χ3n) is 1.80. The molecule has 1 amide bonds. The van der Waals surface area contributed by atoms with Crippen LogP contribution in [0.1, 0.15) is 0 Å². The molecule has 0 fully saturated rings. The molecule has 0 spiro atoms. The summed E-state index contributed by atoms with van der Waals surface area (Å²) in [4.78, 5) is 11.2. The number of rotatable bonds is 5. The summed E-state index contributed by atoms with van der Waals surface area (Å²) >= 11 is 0. The number of benzene rings is 1. The maximum atomic E-state index is 13.1. The molecule has 0 aliphatic rings. The van der Waals surface area contributed by atoms with Crippen molar-refractivity contribution in [3.8, 4) is 0 Å². The van der Waals surface area contributed by atoms with Gasteiger partial charge in [0, 0.05) is 6.54 Å². The summed E-state index contributed by atoms with van der Waals surface area (Å²) in [7, 11) is 0. The van der Waals surface area contributed by atoms with E-state index in [-0.39, 0.29) is 19.8 Å². The van der Waals surface area contributed by atoms with Crippen molar-refractivity contribution in [2.75, 3.05) is 25.1 Å². The van der Waals surface area contributed by atoms with Crippen LogP contribution in [0.5, 0.6) is 0 Å². The van der Waals surface area contributed by atoms with Gasteiger partial charge in [0.05, 0.1) is 12.3 Å². The Morgan fingerprint density at radius 2 is 2.00 bits per heavy atom. The minimum absolute atomic E-state index is 0.174. The highest BCUT2D eigenvalue weighted by Gasteiger charge is 2.14. The topological polar surface area (TPSA) is 64.3 Å². The summed E-state index contributed by atoms with van der Waals surface area (Å²) in [5, 5.41) is 2.05. The fourth-order valence-electron chi connectivity index (χ4n) is 1.06. The van der Waals surface area contributed by atoms with E-state index >= 15 is 0 Å². The summed E-state index contributed by atoms with van der Waals surface area (Å²) in [5.41, 5.74) is 4.68. The molecule has 0 bridgehead atoms. The Hall–Kier alpha value is -1.60. The van der Waals surface area contributed by atoms with E-state index in [0.717, 1.165) is 12.1 Å². The molecule has 3 N–H and O–H groups in total. The Bertz CT molecular complexity index is 413. The van der Waals surface area contributed by atoms with Gasteiger partial charge in [-0.3, -0.25) is 4.79 Å². The predicted octanol–water partition coefficient (Wildman–Crippen LogP) is 1.02. The first-order valence-electron chi connectivity index (χ1n) is 4.77. The van der Waals surface area contributed by atoms with Crippen LogP contribution in [0.3, 0.4) is 0 Å². The number of hydrogen-bond donors (Lipinski definition) is 2. The lowest BCUT2D eigenvalue weighted by atomic mass is 10.3. The van der Waals surface area contributed by atoms with Gasteiger partial charge in [-0.2, -0.15) is 0 Å². The van der Waals surface area contributed by atoms with E-state index in [2.05, 4.69) is 5.32 Å². The fraction of sp³-hybridized carbons (Fsp3) is 0.300. The van der Waals surface area contributed by atoms with Gasteiger partial charge in [-0.1, -0.05) is 0 Å². The van der Waals surface area contributed by atoms with E-state index in [0.29, 0.717) is 0 Å². The van der Waals surface area contributed by atoms with Gasteiger partial charge in [-0.15, -0.1) is 0 Å². The number of halogens is 3. The molecule has 1 aromatic rings. The van der Waals surface area contributed by atoms with Crippen molar-refractivity contribution in [3.05, 3.63) is 29.6 Å². The molecule has 0 saturated heterocycles. The molecule has 17 heavy (non-hydrogen) atoms. The normalized spacial score (nSPS) is 10.4. The van der Waals surface area contributed by atoms with Gasteiger partial charge in [0.15, 0.2) is 17.5 Å². The predicted molar refractivity (Wildman–Crippen MR) is 54.8 cm³/mol. The van der Waals surface area contributed by atoms with Crippen LogP contribution in [0.2, 0.25) is 0 Å². The van der Waals surface area contributed by atoms with E-state index in [1.54, 1.807) is 0 Å². The van der Waals surface area contributed by atoms with Crippen LogP contribution in [-0.2, 0) is 9.53 Å². The molecule has 7 heteroatoms. The number of anilines is 1. The smallest absolute Gasteiger partial charge is 0.250 e. The SMILES string of the molecule is NCCOCC(=O)Nc1ccc(F)c(F)c1F. The lowest BCUT2D eigenvalue weighted by molar-refractivity contribution is -0.120. The van der Waals surface area contributed by atoms with Gasteiger partial charge in [-0.05, 0) is 12.1 Å². The molecule has 1 rings (SSSR count). The lowest BCUT2D eigenvalue weighted by Gasteiger charge is -2.07. The Labute approximate surface area is 95.6 Å². The molecule has 0 unspecified atom stereocenters. The molecular formula is C10H11F3N2O2. The molecular weight excluding hydrogens is 237 g/mol. The first-order valence-corrected chi connectivity index (χ1v) is 4.77. The molecule has 0 atom stereocenters. The zero-order valence-electron chi connectivity index (χ0n) is 8.80. The van der Waals surface area contributed by atoms with Crippen LogP contribution in [0.4, 0.5) is 18.9 Å². The highest BCUT2D eigenvalue weighted by Crippen LogP contribution is 2.19. The summed E-state index contributed by atoms with van der Waals surface area (Å²) in [6.07, 6.45) is 0. The Morgan fingerprint density at radius 1 is 1.29 bits per heavy atom. The van der Waals surface area contributed by atoms with E-state index in [1.165, 1.54) is 0 Å². The van der Waals surface area contributed by atoms with Crippen molar-refractivity contribution < 1.29 is 22.7 Å². The monoisotopic (exact) mass is 248 g/mol. The van der Waals surface area contributed by atoms with E-state index in [9.17, 15) is 18.0 Å². The van der Waals surface area contributed by atoms with Gasteiger partial charge in [0.25, 0.3) is 0 Å². The third-order valence-corrected chi connectivity index (χ3v) is 1.80. The van der Waals surface area contributed by atoms with Crippen LogP contribution < -0.4 is 11.1 Å². The maximum Gasteiger partial charge on any atom is 0.250 e. The van der Waals surface area contributed by atoms with E-state index < -0.39 is 29.0 Å². The first-order chi connectivity index (χ1) is 8.06.